The third-order valence-electron chi connectivity index (χ3n) is 5.93. The van der Waals surface area contributed by atoms with Gasteiger partial charge in [-0.05, 0) is 56.2 Å². The second-order valence-corrected chi connectivity index (χ2v) is 9.02. The fraction of sp³-hybridized carbons (Fsp3) is 0.261. The quantitative estimate of drug-likeness (QED) is 0.425. The lowest BCUT2D eigenvalue weighted by molar-refractivity contribution is 0.0682. The van der Waals surface area contributed by atoms with Gasteiger partial charge in [0, 0.05) is 29.5 Å². The summed E-state index contributed by atoms with van der Waals surface area (Å²) in [6.07, 6.45) is 2.41. The maximum absolute atomic E-state index is 13.0. The zero-order valence-corrected chi connectivity index (χ0v) is 18.2. The van der Waals surface area contributed by atoms with E-state index in [1.165, 1.54) is 15.9 Å². The van der Waals surface area contributed by atoms with Crippen LogP contribution in [0.4, 0.5) is 16.2 Å². The lowest BCUT2D eigenvalue weighted by Gasteiger charge is -2.22. The smallest absolute Gasteiger partial charge is 0.416 e. The van der Waals surface area contributed by atoms with Crippen molar-refractivity contribution in [3.8, 4) is 0 Å². The van der Waals surface area contributed by atoms with Crippen LogP contribution in [-0.2, 0) is 0 Å². The summed E-state index contributed by atoms with van der Waals surface area (Å²) in [5.41, 5.74) is 3.66. The summed E-state index contributed by atoms with van der Waals surface area (Å²) < 4.78 is 2.13. The van der Waals surface area contributed by atoms with Crippen molar-refractivity contribution in [2.75, 3.05) is 18.5 Å². The molecule has 3 N–H and O–H groups in total. The van der Waals surface area contributed by atoms with E-state index in [2.05, 4.69) is 10.3 Å². The second-order valence-electron chi connectivity index (χ2n) is 7.96. The molecule has 32 heavy (non-hydrogen) atoms. The molecule has 4 aromatic rings. The summed E-state index contributed by atoms with van der Waals surface area (Å²) >= 11 is 1.39. The molecule has 1 atom stereocenters. The Bertz CT molecular complexity index is 1360. The molecule has 4 heterocycles. The van der Waals surface area contributed by atoms with Gasteiger partial charge in [0.15, 0.2) is 0 Å². The van der Waals surface area contributed by atoms with Crippen LogP contribution in [0.2, 0.25) is 0 Å². The van der Waals surface area contributed by atoms with E-state index in [-0.39, 0.29) is 18.6 Å². The van der Waals surface area contributed by atoms with Gasteiger partial charge < -0.3 is 20.4 Å². The molecule has 0 bridgehead atoms. The maximum atomic E-state index is 13.0. The molecule has 0 saturated carbocycles. The van der Waals surface area contributed by atoms with Gasteiger partial charge in [0.2, 0.25) is 0 Å². The Morgan fingerprint density at radius 1 is 1.25 bits per heavy atom. The van der Waals surface area contributed by atoms with Crippen molar-refractivity contribution in [3.63, 3.8) is 0 Å². The molecule has 164 valence electrons. The number of aliphatic hydroxyl groups excluding tert-OH is 1. The number of likely N-dealkylation sites (tertiary alicyclic amines) is 1. The van der Waals surface area contributed by atoms with E-state index in [0.29, 0.717) is 22.6 Å². The molecule has 1 amide bonds. The van der Waals surface area contributed by atoms with E-state index in [1.54, 1.807) is 30.2 Å². The minimum atomic E-state index is -1.01. The van der Waals surface area contributed by atoms with E-state index in [9.17, 15) is 19.8 Å². The number of carbonyl (C=O) groups excluding carboxylic acids is 1. The number of hydrogen-bond acceptors (Lipinski definition) is 6. The lowest BCUT2D eigenvalue weighted by Crippen LogP contribution is -2.37. The van der Waals surface area contributed by atoms with Crippen LogP contribution in [0.1, 0.15) is 28.2 Å². The van der Waals surface area contributed by atoms with Gasteiger partial charge in [-0.25, -0.2) is 4.79 Å². The van der Waals surface area contributed by atoms with Crippen molar-refractivity contribution >= 4 is 55.8 Å². The molecule has 1 unspecified atom stereocenters. The van der Waals surface area contributed by atoms with Crippen LogP contribution in [0.15, 0.2) is 42.6 Å². The van der Waals surface area contributed by atoms with Crippen molar-refractivity contribution in [2.45, 2.75) is 25.8 Å². The van der Waals surface area contributed by atoms with Gasteiger partial charge in [-0.2, -0.15) is 0 Å². The highest BCUT2D eigenvalue weighted by atomic mass is 32.1. The molecule has 5 rings (SSSR count). The number of anilines is 2. The normalized spacial score (nSPS) is 16.2. The molecule has 1 aliphatic heterocycles. The molecular formula is C23H22N4O4S. The first kappa shape index (κ1) is 20.5. The third kappa shape index (κ3) is 3.39. The molecule has 1 aliphatic rings. The van der Waals surface area contributed by atoms with Crippen LogP contribution in [0.25, 0.3) is 21.1 Å². The van der Waals surface area contributed by atoms with Crippen LogP contribution in [0.3, 0.4) is 0 Å². The highest BCUT2D eigenvalue weighted by Gasteiger charge is 2.30. The van der Waals surface area contributed by atoms with Crippen molar-refractivity contribution in [2.24, 2.45) is 0 Å². The Labute approximate surface area is 187 Å². The van der Waals surface area contributed by atoms with Crippen molar-refractivity contribution in [3.05, 3.63) is 53.2 Å². The van der Waals surface area contributed by atoms with Crippen LogP contribution < -0.4 is 5.32 Å². The second kappa shape index (κ2) is 7.92. The van der Waals surface area contributed by atoms with Crippen LogP contribution >= 0.6 is 11.3 Å². The summed E-state index contributed by atoms with van der Waals surface area (Å²) in [7, 11) is 0. The maximum Gasteiger partial charge on any atom is 0.416 e. The van der Waals surface area contributed by atoms with Gasteiger partial charge in [0.1, 0.15) is 0 Å². The number of aliphatic hydroxyl groups is 1. The number of aromatic nitrogens is 2. The molecule has 0 spiro atoms. The summed E-state index contributed by atoms with van der Waals surface area (Å²) in [6, 6.07) is 10.9. The number of nitrogens with zero attached hydrogens (tertiary/aromatic N) is 3. The molecule has 8 nitrogen and oxygen atoms in total. The highest BCUT2D eigenvalue weighted by Crippen LogP contribution is 2.35. The Balaban J connectivity index is 1.47. The molecule has 9 heteroatoms. The third-order valence-corrected chi connectivity index (χ3v) is 7.07. The zero-order valence-electron chi connectivity index (χ0n) is 17.4. The molecule has 3 aromatic heterocycles. The predicted octanol–water partition coefficient (Wildman–Crippen LogP) is 4.43. The SMILES string of the molecule is Cc1cc2cc(Nc3ccnc4cc(C(=O)N5CCCC5CO)sc34)ccc2n1C(=O)O. The molecule has 0 aliphatic carbocycles. The summed E-state index contributed by atoms with van der Waals surface area (Å²) in [6.45, 7) is 2.40. The molecule has 1 fully saturated rings. The Morgan fingerprint density at radius 2 is 2.09 bits per heavy atom. The summed E-state index contributed by atoms with van der Waals surface area (Å²) in [4.78, 5) is 31.3. The minimum absolute atomic E-state index is 0.0206. The van der Waals surface area contributed by atoms with Gasteiger partial charge in [-0.15, -0.1) is 11.3 Å². The monoisotopic (exact) mass is 450 g/mol. The number of amides is 1. The summed E-state index contributed by atoms with van der Waals surface area (Å²) in [5, 5.41) is 23.2. The molecule has 1 saturated heterocycles. The number of rotatable bonds is 4. The first-order valence-electron chi connectivity index (χ1n) is 10.4. The summed E-state index contributed by atoms with van der Waals surface area (Å²) in [5.74, 6) is -0.0672. The Hall–Kier alpha value is -3.43. The van der Waals surface area contributed by atoms with Crippen molar-refractivity contribution in [1.29, 1.82) is 0 Å². The molecule has 0 radical (unpaired) electrons. The van der Waals surface area contributed by atoms with E-state index >= 15 is 0 Å². The van der Waals surface area contributed by atoms with Gasteiger partial charge in [-0.1, -0.05) is 0 Å². The van der Waals surface area contributed by atoms with Gasteiger partial charge in [0.05, 0.1) is 38.9 Å². The van der Waals surface area contributed by atoms with Gasteiger partial charge in [-0.3, -0.25) is 14.3 Å². The number of nitrogens with one attached hydrogen (secondary N) is 1. The number of carbonyl (C=O) groups is 2. The van der Waals surface area contributed by atoms with E-state index in [0.717, 1.165) is 39.8 Å². The number of aryl methyl sites for hydroxylation is 1. The Kier molecular flexibility index (Phi) is 5.07. The zero-order chi connectivity index (χ0) is 22.4. The van der Waals surface area contributed by atoms with Crippen LogP contribution in [0.5, 0.6) is 0 Å². The fourth-order valence-electron chi connectivity index (χ4n) is 4.42. The van der Waals surface area contributed by atoms with E-state index < -0.39 is 6.09 Å². The highest BCUT2D eigenvalue weighted by molar-refractivity contribution is 7.21. The first-order chi connectivity index (χ1) is 15.5. The van der Waals surface area contributed by atoms with Gasteiger partial charge in [0.25, 0.3) is 5.91 Å². The fourth-order valence-corrected chi connectivity index (χ4v) is 5.46. The molecule has 1 aromatic carbocycles. The van der Waals surface area contributed by atoms with E-state index in [1.807, 2.05) is 24.3 Å². The van der Waals surface area contributed by atoms with Gasteiger partial charge >= 0.3 is 6.09 Å². The van der Waals surface area contributed by atoms with Crippen molar-refractivity contribution in [1.82, 2.24) is 14.5 Å². The predicted molar refractivity (Wildman–Crippen MR) is 124 cm³/mol. The average molecular weight is 451 g/mol. The largest absolute Gasteiger partial charge is 0.464 e. The number of hydrogen-bond donors (Lipinski definition) is 3. The first-order valence-corrected chi connectivity index (χ1v) is 11.2. The topological polar surface area (TPSA) is 108 Å². The number of benzene rings is 1. The molecular weight excluding hydrogens is 428 g/mol. The van der Waals surface area contributed by atoms with Crippen LogP contribution in [-0.4, -0.2) is 55.9 Å². The Morgan fingerprint density at radius 3 is 2.88 bits per heavy atom. The standard InChI is InChI=1S/C23H22N4O4S/c1-13-9-14-10-15(4-5-19(14)27(13)23(30)31)25-17-6-7-24-18-11-20(32-21(17)18)22(29)26-8-2-3-16(26)12-28/h4-7,9-11,16,28H,2-3,8,12H2,1H3,(H,24,25)(H,30,31). The number of pyridine rings is 1. The van der Waals surface area contributed by atoms with Crippen molar-refractivity contribution < 1.29 is 19.8 Å². The number of fused-ring (bicyclic) bond motifs is 2. The minimum Gasteiger partial charge on any atom is -0.464 e. The van der Waals surface area contributed by atoms with E-state index in [4.69, 9.17) is 0 Å². The average Bonchev–Trinajstić information content (AvgIpc) is 3.48. The van der Waals surface area contributed by atoms with Crippen LogP contribution in [0, 0.1) is 6.92 Å². The lowest BCUT2D eigenvalue weighted by atomic mass is 10.2. The number of thiophene rings is 1. The number of carboxylic acid groups (broad SMARTS) is 1.